The zero-order valence-electron chi connectivity index (χ0n) is 13.9. The molecular weight excluding hydrogens is 264 g/mol. The van der Waals surface area contributed by atoms with Crippen molar-refractivity contribution in [3.05, 3.63) is 0 Å². The van der Waals surface area contributed by atoms with E-state index in [4.69, 9.17) is 9.47 Å². The van der Waals surface area contributed by atoms with Gasteiger partial charge in [-0.05, 0) is 37.8 Å². The number of nitrogens with one attached hydrogen (secondary N) is 1. The highest BCUT2D eigenvalue weighted by molar-refractivity contribution is 4.97. The maximum Gasteiger partial charge on any atom is 0.170 e. The van der Waals surface area contributed by atoms with Crippen molar-refractivity contribution >= 4 is 0 Å². The minimum absolute atomic E-state index is 0.275. The van der Waals surface area contributed by atoms with E-state index in [1.165, 1.54) is 25.9 Å². The van der Waals surface area contributed by atoms with E-state index < -0.39 is 0 Å². The van der Waals surface area contributed by atoms with Crippen LogP contribution in [0, 0.1) is 11.8 Å². The SMILES string of the molecule is CCNC1CCC2(CC1N1CCC(C)C(C)C1)OCCO2. The summed E-state index contributed by atoms with van der Waals surface area (Å²) in [7, 11) is 0. The summed E-state index contributed by atoms with van der Waals surface area (Å²) < 4.78 is 12.0. The van der Waals surface area contributed by atoms with Crippen LogP contribution in [0.3, 0.4) is 0 Å². The lowest BCUT2D eigenvalue weighted by molar-refractivity contribution is -0.195. The molecule has 4 unspecified atom stereocenters. The fourth-order valence-electron chi connectivity index (χ4n) is 4.37. The molecule has 2 heterocycles. The van der Waals surface area contributed by atoms with E-state index >= 15 is 0 Å². The molecule has 0 bridgehead atoms. The van der Waals surface area contributed by atoms with Crippen LogP contribution in [0.15, 0.2) is 0 Å². The van der Waals surface area contributed by atoms with Gasteiger partial charge in [-0.2, -0.15) is 0 Å². The lowest BCUT2D eigenvalue weighted by Crippen LogP contribution is -2.59. The number of rotatable bonds is 3. The first-order valence-corrected chi connectivity index (χ1v) is 8.89. The number of nitrogens with zero attached hydrogens (tertiary/aromatic N) is 1. The third-order valence-electron chi connectivity index (χ3n) is 5.94. The summed E-state index contributed by atoms with van der Waals surface area (Å²) >= 11 is 0. The molecule has 2 aliphatic heterocycles. The van der Waals surface area contributed by atoms with Crippen molar-refractivity contribution in [3.8, 4) is 0 Å². The van der Waals surface area contributed by atoms with Gasteiger partial charge in [0, 0.05) is 31.5 Å². The quantitative estimate of drug-likeness (QED) is 0.866. The molecule has 3 rings (SSSR count). The first kappa shape index (κ1) is 15.7. The molecule has 3 fully saturated rings. The summed E-state index contributed by atoms with van der Waals surface area (Å²) in [5.41, 5.74) is 0. The average molecular weight is 296 g/mol. The van der Waals surface area contributed by atoms with Gasteiger partial charge in [-0.15, -0.1) is 0 Å². The molecule has 0 aromatic carbocycles. The predicted molar refractivity (Wildman–Crippen MR) is 84.3 cm³/mol. The minimum atomic E-state index is -0.275. The van der Waals surface area contributed by atoms with Gasteiger partial charge < -0.3 is 14.8 Å². The average Bonchev–Trinajstić information content (AvgIpc) is 2.93. The molecule has 0 radical (unpaired) electrons. The molecule has 4 atom stereocenters. The normalized spacial score (nSPS) is 40.7. The Bertz CT molecular complexity index is 344. The molecular formula is C17H32N2O2. The Morgan fingerprint density at radius 2 is 1.90 bits per heavy atom. The Balaban J connectivity index is 1.71. The molecule has 122 valence electrons. The fraction of sp³-hybridized carbons (Fsp3) is 1.00. The Labute approximate surface area is 129 Å². The zero-order valence-corrected chi connectivity index (χ0v) is 13.9. The van der Waals surface area contributed by atoms with Crippen molar-refractivity contribution < 1.29 is 9.47 Å². The molecule has 4 heteroatoms. The van der Waals surface area contributed by atoms with E-state index in [2.05, 4.69) is 31.0 Å². The van der Waals surface area contributed by atoms with Crippen LogP contribution in [0.2, 0.25) is 0 Å². The second kappa shape index (κ2) is 6.53. The van der Waals surface area contributed by atoms with Crippen LogP contribution in [0.5, 0.6) is 0 Å². The molecule has 4 nitrogen and oxygen atoms in total. The minimum Gasteiger partial charge on any atom is -0.347 e. The third kappa shape index (κ3) is 3.29. The summed E-state index contributed by atoms with van der Waals surface area (Å²) in [6, 6.07) is 1.15. The van der Waals surface area contributed by atoms with Gasteiger partial charge in [-0.3, -0.25) is 4.90 Å². The fourth-order valence-corrected chi connectivity index (χ4v) is 4.37. The first-order chi connectivity index (χ1) is 10.1. The Morgan fingerprint density at radius 1 is 1.14 bits per heavy atom. The number of piperidine rings is 1. The van der Waals surface area contributed by atoms with Crippen LogP contribution in [0.25, 0.3) is 0 Å². The topological polar surface area (TPSA) is 33.7 Å². The maximum absolute atomic E-state index is 6.00. The summed E-state index contributed by atoms with van der Waals surface area (Å²) in [6.45, 7) is 12.1. The Hall–Kier alpha value is -0.160. The zero-order chi connectivity index (χ0) is 14.9. The van der Waals surface area contributed by atoms with Crippen LogP contribution < -0.4 is 5.32 Å². The maximum atomic E-state index is 6.00. The van der Waals surface area contributed by atoms with E-state index in [0.29, 0.717) is 12.1 Å². The van der Waals surface area contributed by atoms with E-state index in [-0.39, 0.29) is 5.79 Å². The van der Waals surface area contributed by atoms with Gasteiger partial charge in [0.15, 0.2) is 5.79 Å². The van der Waals surface area contributed by atoms with Gasteiger partial charge >= 0.3 is 0 Å². The molecule has 1 spiro atoms. The first-order valence-electron chi connectivity index (χ1n) is 8.89. The largest absolute Gasteiger partial charge is 0.347 e. The van der Waals surface area contributed by atoms with Crippen molar-refractivity contribution in [3.63, 3.8) is 0 Å². The van der Waals surface area contributed by atoms with E-state index in [1.807, 2.05) is 0 Å². The molecule has 2 saturated heterocycles. The van der Waals surface area contributed by atoms with Crippen LogP contribution in [0.4, 0.5) is 0 Å². The Morgan fingerprint density at radius 3 is 2.57 bits per heavy atom. The van der Waals surface area contributed by atoms with Gasteiger partial charge in [-0.25, -0.2) is 0 Å². The molecule has 3 aliphatic rings. The monoisotopic (exact) mass is 296 g/mol. The number of hydrogen-bond donors (Lipinski definition) is 1. The van der Waals surface area contributed by atoms with E-state index in [1.54, 1.807) is 0 Å². The van der Waals surface area contributed by atoms with Crippen LogP contribution in [-0.4, -0.2) is 55.6 Å². The molecule has 21 heavy (non-hydrogen) atoms. The summed E-state index contributed by atoms with van der Waals surface area (Å²) in [5, 5.41) is 3.71. The number of likely N-dealkylation sites (N-methyl/N-ethyl adjacent to an activating group) is 1. The molecule has 0 amide bonds. The molecule has 1 aliphatic carbocycles. The summed E-state index contributed by atoms with van der Waals surface area (Å²) in [4.78, 5) is 2.71. The van der Waals surface area contributed by atoms with Crippen LogP contribution in [-0.2, 0) is 9.47 Å². The molecule has 0 aromatic rings. The lowest BCUT2D eigenvalue weighted by Gasteiger charge is -2.49. The standard InChI is InChI=1S/C17H32N2O2/c1-4-18-15-5-7-17(20-9-10-21-17)11-16(15)19-8-6-13(2)14(3)12-19/h13-16,18H,4-12H2,1-3H3. The smallest absolute Gasteiger partial charge is 0.170 e. The van der Waals surface area contributed by atoms with E-state index in [0.717, 1.165) is 44.4 Å². The molecule has 1 N–H and O–H groups in total. The summed E-state index contributed by atoms with van der Waals surface area (Å²) in [5.74, 6) is 1.38. The number of ether oxygens (including phenoxy) is 2. The predicted octanol–water partition coefficient (Wildman–Crippen LogP) is 2.24. The van der Waals surface area contributed by atoms with Gasteiger partial charge in [0.2, 0.25) is 0 Å². The Kier molecular flexibility index (Phi) is 4.89. The van der Waals surface area contributed by atoms with E-state index in [9.17, 15) is 0 Å². The van der Waals surface area contributed by atoms with Crippen molar-refractivity contribution in [1.29, 1.82) is 0 Å². The lowest BCUT2D eigenvalue weighted by atomic mass is 9.81. The van der Waals surface area contributed by atoms with Crippen molar-refractivity contribution in [2.75, 3.05) is 32.8 Å². The van der Waals surface area contributed by atoms with Gasteiger partial charge in [0.25, 0.3) is 0 Å². The number of likely N-dealkylation sites (tertiary alicyclic amines) is 1. The molecule has 0 aromatic heterocycles. The highest BCUT2D eigenvalue weighted by Gasteiger charge is 2.47. The van der Waals surface area contributed by atoms with Crippen molar-refractivity contribution in [2.24, 2.45) is 11.8 Å². The van der Waals surface area contributed by atoms with Crippen LogP contribution in [0.1, 0.15) is 46.5 Å². The number of hydrogen-bond acceptors (Lipinski definition) is 4. The van der Waals surface area contributed by atoms with Gasteiger partial charge in [-0.1, -0.05) is 20.8 Å². The van der Waals surface area contributed by atoms with Crippen molar-refractivity contribution in [2.45, 2.75) is 64.3 Å². The van der Waals surface area contributed by atoms with Gasteiger partial charge in [0.1, 0.15) is 0 Å². The van der Waals surface area contributed by atoms with Gasteiger partial charge in [0.05, 0.1) is 13.2 Å². The molecule has 1 saturated carbocycles. The second-order valence-corrected chi connectivity index (χ2v) is 7.32. The highest BCUT2D eigenvalue weighted by atomic mass is 16.7. The third-order valence-corrected chi connectivity index (χ3v) is 5.94. The van der Waals surface area contributed by atoms with Crippen molar-refractivity contribution in [1.82, 2.24) is 10.2 Å². The second-order valence-electron chi connectivity index (χ2n) is 7.32. The highest BCUT2D eigenvalue weighted by Crippen LogP contribution is 2.39. The summed E-state index contributed by atoms with van der Waals surface area (Å²) in [6.07, 6.45) is 4.57. The van der Waals surface area contributed by atoms with Crippen LogP contribution >= 0.6 is 0 Å².